The number of H-pyrrole nitrogens is 1. The molecule has 0 aliphatic carbocycles. The minimum atomic E-state index is -0.522. The molecule has 0 radical (unpaired) electrons. The first-order valence-electron chi connectivity index (χ1n) is 15.0. The van der Waals surface area contributed by atoms with Crippen LogP contribution in [0, 0.1) is 12.7 Å². The van der Waals surface area contributed by atoms with Crippen molar-refractivity contribution in [1.29, 1.82) is 0 Å². The first-order valence-corrected chi connectivity index (χ1v) is 15.0. The maximum absolute atomic E-state index is 15.4. The van der Waals surface area contributed by atoms with Crippen molar-refractivity contribution in [2.24, 2.45) is 5.73 Å². The van der Waals surface area contributed by atoms with E-state index in [2.05, 4.69) is 42.4 Å². The molecule has 0 spiro atoms. The SMILES string of the molecule is CCCN.Cc1cc2c(F)c(Oc3ncnc(Nc4ccc(N5CCNCC5)cn4)c3C(=O)N3CCCCC3)ccc2[nH]1. The van der Waals surface area contributed by atoms with E-state index in [1.165, 1.54) is 12.4 Å². The highest BCUT2D eigenvalue weighted by Gasteiger charge is 2.28. The van der Waals surface area contributed by atoms with Crippen molar-refractivity contribution in [2.75, 3.05) is 56.0 Å². The summed E-state index contributed by atoms with van der Waals surface area (Å²) < 4.78 is 21.4. The number of carbonyl (C=O) groups is 1. The molecule has 2 saturated heterocycles. The summed E-state index contributed by atoms with van der Waals surface area (Å²) in [6, 6.07) is 8.86. The van der Waals surface area contributed by atoms with Gasteiger partial charge in [0.25, 0.3) is 5.91 Å². The van der Waals surface area contributed by atoms with Crippen LogP contribution in [0.4, 0.5) is 21.7 Å². The van der Waals surface area contributed by atoms with Crippen molar-refractivity contribution < 1.29 is 13.9 Å². The number of aromatic amines is 1. The number of aryl methyl sites for hydroxylation is 1. The lowest BCUT2D eigenvalue weighted by molar-refractivity contribution is 0.0721. The number of nitrogens with two attached hydrogens (primary N) is 1. The number of halogens is 1. The van der Waals surface area contributed by atoms with Gasteiger partial charge in [-0.05, 0) is 69.5 Å². The standard InChI is InChI=1S/C28H31FN8O2.C3H9N/c1-18-15-20-21(34-18)6-7-22(25(20)29)39-27-24(28(38)37-11-3-2-4-12-37)26(32-17-33-27)35-23-8-5-19(16-31-23)36-13-9-30-10-14-36;1-2-3-4/h5-8,15-17,30,34H,2-4,9-14H2,1H3,(H,31,32,33,35);2-4H2,1H3. The van der Waals surface area contributed by atoms with Gasteiger partial charge in [-0.25, -0.2) is 19.3 Å². The number of piperidine rings is 1. The van der Waals surface area contributed by atoms with Gasteiger partial charge in [-0.1, -0.05) is 6.92 Å². The molecule has 0 unspecified atom stereocenters. The van der Waals surface area contributed by atoms with Crippen LogP contribution < -0.4 is 26.0 Å². The van der Waals surface area contributed by atoms with E-state index in [9.17, 15) is 4.79 Å². The number of nitrogens with zero attached hydrogens (tertiary/aromatic N) is 5. The molecule has 2 aliphatic rings. The highest BCUT2D eigenvalue weighted by molar-refractivity contribution is 6.01. The van der Waals surface area contributed by atoms with Crippen molar-refractivity contribution in [1.82, 2.24) is 30.2 Å². The molecule has 2 fully saturated rings. The highest BCUT2D eigenvalue weighted by atomic mass is 19.1. The molecular formula is C31H40FN9O2. The largest absolute Gasteiger partial charge is 0.435 e. The van der Waals surface area contributed by atoms with E-state index in [1.807, 2.05) is 25.3 Å². The Hall–Kier alpha value is -4.29. The van der Waals surface area contributed by atoms with Crippen molar-refractivity contribution in [2.45, 2.75) is 39.5 Å². The Balaban J connectivity index is 0.000000868. The second-order valence-electron chi connectivity index (χ2n) is 10.7. The quantitative estimate of drug-likeness (QED) is 0.241. The maximum Gasteiger partial charge on any atom is 0.263 e. The van der Waals surface area contributed by atoms with E-state index in [0.29, 0.717) is 29.8 Å². The summed E-state index contributed by atoms with van der Waals surface area (Å²) in [4.78, 5) is 34.1. The van der Waals surface area contributed by atoms with E-state index in [1.54, 1.807) is 17.0 Å². The Morgan fingerprint density at radius 1 is 1.07 bits per heavy atom. The van der Waals surface area contributed by atoms with Crippen molar-refractivity contribution in [3.8, 4) is 11.6 Å². The van der Waals surface area contributed by atoms with Gasteiger partial charge < -0.3 is 35.9 Å². The number of rotatable bonds is 7. The molecule has 0 atom stereocenters. The highest BCUT2D eigenvalue weighted by Crippen LogP contribution is 2.34. The Kier molecular flexibility index (Phi) is 10.0. The number of amides is 1. The fourth-order valence-corrected chi connectivity index (χ4v) is 5.15. The molecule has 3 aromatic heterocycles. The molecule has 0 bridgehead atoms. The molecule has 0 saturated carbocycles. The zero-order chi connectivity index (χ0) is 30.2. The number of likely N-dealkylation sites (tertiary alicyclic amines) is 1. The predicted octanol–water partition coefficient (Wildman–Crippen LogP) is 4.73. The summed E-state index contributed by atoms with van der Waals surface area (Å²) in [7, 11) is 0. The van der Waals surface area contributed by atoms with Crippen LogP contribution in [0.2, 0.25) is 0 Å². The number of ether oxygens (including phenoxy) is 1. The van der Waals surface area contributed by atoms with Crippen LogP contribution in [0.5, 0.6) is 11.6 Å². The molecule has 5 heterocycles. The van der Waals surface area contributed by atoms with Crippen LogP contribution in [0.1, 0.15) is 48.7 Å². The number of benzene rings is 1. The molecule has 4 aromatic rings. The van der Waals surface area contributed by atoms with Gasteiger partial charge in [0.15, 0.2) is 17.4 Å². The first-order chi connectivity index (χ1) is 21.0. The van der Waals surface area contributed by atoms with Crippen molar-refractivity contribution in [3.63, 3.8) is 0 Å². The number of nitrogens with one attached hydrogen (secondary N) is 3. The van der Waals surface area contributed by atoms with Gasteiger partial charge in [0.05, 0.1) is 11.9 Å². The minimum Gasteiger partial charge on any atom is -0.435 e. The van der Waals surface area contributed by atoms with Crippen LogP contribution in [-0.2, 0) is 0 Å². The normalized spacial score (nSPS) is 15.2. The number of hydrogen-bond donors (Lipinski definition) is 4. The lowest BCUT2D eigenvalue weighted by atomic mass is 10.1. The molecule has 2 aliphatic heterocycles. The van der Waals surface area contributed by atoms with Gasteiger partial charge >= 0.3 is 0 Å². The van der Waals surface area contributed by atoms with Gasteiger partial charge in [0, 0.05) is 55.9 Å². The maximum atomic E-state index is 15.4. The summed E-state index contributed by atoms with van der Waals surface area (Å²) in [6.07, 6.45) is 7.13. The second kappa shape index (κ2) is 14.3. The van der Waals surface area contributed by atoms with Gasteiger partial charge in [-0.3, -0.25) is 4.79 Å². The molecular weight excluding hydrogens is 549 g/mol. The number of pyridine rings is 1. The summed E-state index contributed by atoms with van der Waals surface area (Å²) in [5.41, 5.74) is 7.72. The Morgan fingerprint density at radius 3 is 2.53 bits per heavy atom. The summed E-state index contributed by atoms with van der Waals surface area (Å²) in [5, 5.41) is 6.94. The lowest BCUT2D eigenvalue weighted by Crippen LogP contribution is -2.43. The van der Waals surface area contributed by atoms with E-state index in [0.717, 1.165) is 69.8 Å². The number of carbonyl (C=O) groups excluding carboxylic acids is 1. The summed E-state index contributed by atoms with van der Waals surface area (Å²) in [6.45, 7) is 9.70. The molecule has 43 heavy (non-hydrogen) atoms. The van der Waals surface area contributed by atoms with Crippen LogP contribution in [0.3, 0.4) is 0 Å². The number of fused-ring (bicyclic) bond motifs is 1. The van der Waals surface area contributed by atoms with Crippen LogP contribution >= 0.6 is 0 Å². The number of piperazine rings is 1. The Bertz CT molecular complexity index is 1510. The van der Waals surface area contributed by atoms with E-state index < -0.39 is 5.82 Å². The molecule has 1 aromatic carbocycles. The van der Waals surface area contributed by atoms with Crippen molar-refractivity contribution in [3.05, 3.63) is 59.9 Å². The van der Waals surface area contributed by atoms with Crippen LogP contribution in [0.25, 0.3) is 10.9 Å². The molecule has 1 amide bonds. The minimum absolute atomic E-state index is 0.00832. The average molecular weight is 590 g/mol. The smallest absolute Gasteiger partial charge is 0.263 e. The average Bonchev–Trinajstić information content (AvgIpc) is 3.44. The second-order valence-corrected chi connectivity index (χ2v) is 10.7. The van der Waals surface area contributed by atoms with E-state index in [-0.39, 0.29) is 28.9 Å². The zero-order valence-electron chi connectivity index (χ0n) is 24.8. The molecule has 5 N–H and O–H groups in total. The van der Waals surface area contributed by atoms with E-state index in [4.69, 9.17) is 10.5 Å². The third-order valence-electron chi connectivity index (χ3n) is 7.48. The lowest BCUT2D eigenvalue weighted by Gasteiger charge is -2.29. The fourth-order valence-electron chi connectivity index (χ4n) is 5.15. The number of aromatic nitrogens is 4. The van der Waals surface area contributed by atoms with E-state index >= 15 is 4.39 Å². The summed E-state index contributed by atoms with van der Waals surface area (Å²) in [5.74, 6) is -0.0160. The Labute approximate surface area is 251 Å². The topological polar surface area (TPSA) is 137 Å². The van der Waals surface area contributed by atoms with Gasteiger partial charge in [-0.15, -0.1) is 0 Å². The van der Waals surface area contributed by atoms with Gasteiger partial charge in [-0.2, -0.15) is 0 Å². The Morgan fingerprint density at radius 2 is 1.84 bits per heavy atom. The first kappa shape index (κ1) is 30.2. The molecule has 228 valence electrons. The number of anilines is 3. The molecule has 11 nitrogen and oxygen atoms in total. The van der Waals surface area contributed by atoms with Crippen LogP contribution in [0.15, 0.2) is 42.9 Å². The third kappa shape index (κ3) is 7.20. The monoisotopic (exact) mass is 589 g/mol. The van der Waals surface area contributed by atoms with Crippen molar-refractivity contribution >= 4 is 34.1 Å². The van der Waals surface area contributed by atoms with Gasteiger partial charge in [0.1, 0.15) is 17.7 Å². The zero-order valence-corrected chi connectivity index (χ0v) is 24.8. The predicted molar refractivity (Wildman–Crippen MR) is 167 cm³/mol. The van der Waals surface area contributed by atoms with Gasteiger partial charge in [0.2, 0.25) is 5.88 Å². The summed E-state index contributed by atoms with van der Waals surface area (Å²) >= 11 is 0. The number of hydrogen-bond acceptors (Lipinski definition) is 9. The van der Waals surface area contributed by atoms with Crippen LogP contribution in [-0.4, -0.2) is 76.6 Å². The molecule has 6 rings (SSSR count). The third-order valence-corrected chi connectivity index (χ3v) is 7.48. The fraction of sp³-hybridized carbons (Fsp3) is 0.419. The molecule has 12 heteroatoms.